The highest BCUT2D eigenvalue weighted by atomic mass is 19.2. The van der Waals surface area contributed by atoms with Crippen LogP contribution in [0.15, 0.2) is 23.1 Å². The Morgan fingerprint density at radius 3 is 2.84 bits per heavy atom. The van der Waals surface area contributed by atoms with E-state index in [9.17, 15) is 13.6 Å². The summed E-state index contributed by atoms with van der Waals surface area (Å²) in [6, 6.07) is 2.34. The van der Waals surface area contributed by atoms with Gasteiger partial charge in [-0.3, -0.25) is 14.5 Å². The summed E-state index contributed by atoms with van der Waals surface area (Å²) in [5, 5.41) is 4.48. The van der Waals surface area contributed by atoms with E-state index < -0.39 is 11.6 Å². The second-order valence-corrected chi connectivity index (χ2v) is 6.23. The summed E-state index contributed by atoms with van der Waals surface area (Å²) >= 11 is 0. The van der Waals surface area contributed by atoms with Gasteiger partial charge in [-0.1, -0.05) is 6.92 Å². The predicted molar refractivity (Wildman–Crippen MR) is 89.6 cm³/mol. The van der Waals surface area contributed by atoms with Crippen molar-refractivity contribution in [2.45, 2.75) is 25.8 Å². The van der Waals surface area contributed by atoms with Crippen LogP contribution in [0.1, 0.15) is 30.5 Å². The van der Waals surface area contributed by atoms with Gasteiger partial charge in [0, 0.05) is 13.6 Å². The summed E-state index contributed by atoms with van der Waals surface area (Å²) < 4.78 is 28.8. The number of halogens is 2. The number of nitrogens with zero attached hydrogens (tertiary/aromatic N) is 4. The van der Waals surface area contributed by atoms with Gasteiger partial charge in [-0.15, -0.1) is 0 Å². The highest BCUT2D eigenvalue weighted by Crippen LogP contribution is 2.35. The Morgan fingerprint density at radius 1 is 1.32 bits per heavy atom. The van der Waals surface area contributed by atoms with Crippen LogP contribution >= 0.6 is 0 Å². The normalized spacial score (nSPS) is 17.1. The lowest BCUT2D eigenvalue weighted by Gasteiger charge is -2.37. The minimum atomic E-state index is -0.859. The Hall–Kier alpha value is -2.77. The van der Waals surface area contributed by atoms with Gasteiger partial charge in [-0.2, -0.15) is 10.1 Å². The Kier molecular flexibility index (Phi) is 3.55. The van der Waals surface area contributed by atoms with E-state index >= 15 is 0 Å². The SMILES string of the molecule is CCC1c2cc(F)c(F)cc2CCN1c1nc2c(cnn2C)c(=O)[nH]1. The number of H-pyrrole nitrogens is 1. The van der Waals surface area contributed by atoms with Crippen LogP contribution < -0.4 is 10.5 Å². The molecule has 3 heterocycles. The van der Waals surface area contributed by atoms with Crippen molar-refractivity contribution >= 4 is 17.0 Å². The molecule has 2 aromatic heterocycles. The standard InChI is InChI=1S/C17H17F2N5O/c1-3-14-10-7-13(19)12(18)6-9(10)4-5-24(14)17-21-15-11(16(25)22-17)8-20-23(15)2/h6-8,14H,3-5H2,1-2H3,(H,21,22,25). The number of aromatic amines is 1. The van der Waals surface area contributed by atoms with E-state index in [-0.39, 0.29) is 11.6 Å². The van der Waals surface area contributed by atoms with Crippen molar-refractivity contribution in [2.24, 2.45) is 7.05 Å². The third kappa shape index (κ3) is 2.40. The molecule has 1 aromatic carbocycles. The molecular weight excluding hydrogens is 328 g/mol. The molecule has 1 aliphatic rings. The van der Waals surface area contributed by atoms with E-state index in [2.05, 4.69) is 15.1 Å². The molecule has 0 spiro atoms. The smallest absolute Gasteiger partial charge is 0.263 e. The fraction of sp³-hybridized carbons (Fsp3) is 0.353. The van der Waals surface area contributed by atoms with Gasteiger partial charge in [-0.25, -0.2) is 8.78 Å². The van der Waals surface area contributed by atoms with Crippen LogP contribution in [-0.2, 0) is 13.5 Å². The maximum atomic E-state index is 13.8. The molecule has 6 nitrogen and oxygen atoms in total. The molecule has 0 fully saturated rings. The van der Waals surface area contributed by atoms with Crippen LogP contribution in [0.25, 0.3) is 11.0 Å². The molecule has 0 saturated carbocycles. The number of hydrogen-bond acceptors (Lipinski definition) is 4. The van der Waals surface area contributed by atoms with Crippen molar-refractivity contribution in [1.29, 1.82) is 0 Å². The Morgan fingerprint density at radius 2 is 2.08 bits per heavy atom. The summed E-state index contributed by atoms with van der Waals surface area (Å²) in [5.74, 6) is -1.27. The van der Waals surface area contributed by atoms with E-state index in [1.807, 2.05) is 11.8 Å². The molecule has 1 atom stereocenters. The van der Waals surface area contributed by atoms with Gasteiger partial charge in [-0.05, 0) is 36.1 Å². The number of hydrogen-bond donors (Lipinski definition) is 1. The number of aryl methyl sites for hydroxylation is 1. The van der Waals surface area contributed by atoms with E-state index in [4.69, 9.17) is 0 Å². The zero-order valence-corrected chi connectivity index (χ0v) is 13.9. The topological polar surface area (TPSA) is 66.8 Å². The molecule has 130 valence electrons. The van der Waals surface area contributed by atoms with Gasteiger partial charge in [0.2, 0.25) is 5.95 Å². The minimum Gasteiger partial charge on any atom is -0.335 e. The zero-order chi connectivity index (χ0) is 17.7. The molecule has 25 heavy (non-hydrogen) atoms. The average Bonchev–Trinajstić information content (AvgIpc) is 2.97. The van der Waals surface area contributed by atoms with Crippen molar-refractivity contribution in [3.63, 3.8) is 0 Å². The van der Waals surface area contributed by atoms with Crippen LogP contribution in [0.2, 0.25) is 0 Å². The molecule has 8 heteroatoms. The van der Waals surface area contributed by atoms with Crippen LogP contribution in [0.3, 0.4) is 0 Å². The lowest BCUT2D eigenvalue weighted by Crippen LogP contribution is -2.37. The summed E-state index contributed by atoms with van der Waals surface area (Å²) in [5.41, 5.74) is 1.76. The van der Waals surface area contributed by atoms with Crippen molar-refractivity contribution in [3.05, 3.63) is 51.4 Å². The second-order valence-electron chi connectivity index (χ2n) is 6.23. The monoisotopic (exact) mass is 345 g/mol. The lowest BCUT2D eigenvalue weighted by atomic mass is 9.91. The third-order valence-corrected chi connectivity index (χ3v) is 4.79. The highest BCUT2D eigenvalue weighted by Gasteiger charge is 2.29. The second kappa shape index (κ2) is 5.65. The van der Waals surface area contributed by atoms with Crippen molar-refractivity contribution in [3.8, 4) is 0 Å². The van der Waals surface area contributed by atoms with Gasteiger partial charge in [0.05, 0.1) is 12.2 Å². The zero-order valence-electron chi connectivity index (χ0n) is 13.9. The predicted octanol–water partition coefficient (Wildman–Crippen LogP) is 2.45. The lowest BCUT2D eigenvalue weighted by molar-refractivity contribution is 0.491. The maximum absolute atomic E-state index is 13.8. The first-order valence-corrected chi connectivity index (χ1v) is 8.16. The highest BCUT2D eigenvalue weighted by molar-refractivity contribution is 5.74. The number of fused-ring (bicyclic) bond motifs is 2. The van der Waals surface area contributed by atoms with Gasteiger partial charge in [0.15, 0.2) is 17.3 Å². The Balaban J connectivity index is 1.84. The molecule has 3 aromatic rings. The number of benzene rings is 1. The average molecular weight is 345 g/mol. The van der Waals surface area contributed by atoms with Crippen LogP contribution in [0.5, 0.6) is 0 Å². The van der Waals surface area contributed by atoms with Crippen molar-refractivity contribution in [2.75, 3.05) is 11.4 Å². The van der Waals surface area contributed by atoms with Gasteiger partial charge < -0.3 is 4.90 Å². The molecule has 0 aliphatic carbocycles. The molecule has 0 radical (unpaired) electrons. The van der Waals surface area contributed by atoms with E-state index in [0.29, 0.717) is 36.4 Å². The fourth-order valence-electron chi connectivity index (χ4n) is 3.55. The molecule has 4 rings (SSSR count). The quantitative estimate of drug-likeness (QED) is 0.775. The van der Waals surface area contributed by atoms with E-state index in [0.717, 1.165) is 11.1 Å². The molecule has 1 aliphatic heterocycles. The van der Waals surface area contributed by atoms with Gasteiger partial charge >= 0.3 is 0 Å². The number of rotatable bonds is 2. The van der Waals surface area contributed by atoms with Gasteiger partial charge in [0.1, 0.15) is 5.39 Å². The minimum absolute atomic E-state index is 0.187. The Bertz CT molecular complexity index is 1030. The summed E-state index contributed by atoms with van der Waals surface area (Å²) in [7, 11) is 1.72. The first kappa shape index (κ1) is 15.7. The van der Waals surface area contributed by atoms with E-state index in [1.165, 1.54) is 18.3 Å². The molecule has 0 amide bonds. The van der Waals surface area contributed by atoms with Gasteiger partial charge in [0.25, 0.3) is 5.56 Å². The first-order chi connectivity index (χ1) is 12.0. The molecule has 0 saturated heterocycles. The molecule has 0 bridgehead atoms. The van der Waals surface area contributed by atoms with Crippen molar-refractivity contribution in [1.82, 2.24) is 19.7 Å². The summed E-state index contributed by atoms with van der Waals surface area (Å²) in [4.78, 5) is 21.6. The fourth-order valence-corrected chi connectivity index (χ4v) is 3.55. The Labute approximate surface area is 142 Å². The van der Waals surface area contributed by atoms with Crippen LogP contribution in [0, 0.1) is 11.6 Å². The molecule has 1 unspecified atom stereocenters. The van der Waals surface area contributed by atoms with Crippen LogP contribution in [0.4, 0.5) is 14.7 Å². The number of anilines is 1. The number of aromatic nitrogens is 4. The largest absolute Gasteiger partial charge is 0.335 e. The van der Waals surface area contributed by atoms with E-state index in [1.54, 1.807) is 11.7 Å². The van der Waals surface area contributed by atoms with Crippen molar-refractivity contribution < 1.29 is 8.78 Å². The maximum Gasteiger partial charge on any atom is 0.263 e. The first-order valence-electron chi connectivity index (χ1n) is 8.16. The molecule has 1 N–H and O–H groups in total. The summed E-state index contributed by atoms with van der Waals surface area (Å²) in [6.45, 7) is 2.53. The molecular formula is C17H17F2N5O. The van der Waals surface area contributed by atoms with Crippen LogP contribution in [-0.4, -0.2) is 26.3 Å². The third-order valence-electron chi connectivity index (χ3n) is 4.79. The number of nitrogens with one attached hydrogen (secondary N) is 1. The summed E-state index contributed by atoms with van der Waals surface area (Å²) in [6.07, 6.45) is 2.70.